The highest BCUT2D eigenvalue weighted by Gasteiger charge is 2.47. The van der Waals surface area contributed by atoms with Crippen molar-refractivity contribution in [2.24, 2.45) is 22.9 Å². The Morgan fingerprint density at radius 1 is 1.04 bits per heavy atom. The molecule has 10 atom stereocenters. The number of hydrogen-bond donors (Lipinski definition) is 2. The number of amides is 4. The summed E-state index contributed by atoms with van der Waals surface area (Å²) in [6.45, 7) is 10.1. The summed E-state index contributed by atoms with van der Waals surface area (Å²) in [6.07, 6.45) is 0.755. The molecule has 2 fully saturated rings. The lowest BCUT2D eigenvalue weighted by Gasteiger charge is -2.41. The van der Waals surface area contributed by atoms with E-state index in [9.17, 15) is 34.6 Å². The summed E-state index contributed by atoms with van der Waals surface area (Å²) in [7, 11) is 8.31. The number of hydrogen-bond acceptors (Lipinski definition) is 9. The lowest BCUT2D eigenvalue weighted by atomic mass is 9.89. The van der Waals surface area contributed by atoms with Gasteiger partial charge in [-0.05, 0) is 56.3 Å². The van der Waals surface area contributed by atoms with Gasteiger partial charge in [-0.1, -0.05) is 76.5 Å². The number of benzene rings is 1. The van der Waals surface area contributed by atoms with Crippen molar-refractivity contribution in [1.82, 2.24) is 24.9 Å². The van der Waals surface area contributed by atoms with Crippen molar-refractivity contribution in [2.45, 2.75) is 122 Å². The standard InChI is InChI=1S/C40H64N8O8/c1-11-25(4)35(46(8)38(51)31-21-28(43-44-41)23-48(31)39(52)34(24(2)3)45(6)7)32(55-9)22-33(49)47-19-15-18-30(47)36(56-10)26(5)37(50)42-29(40(53)54)20-27-16-13-12-14-17-27/h12-14,16-17,24-26,28-32,34-36H,11,15,18-23H2,1-10H3,(H,42,50)(H,53,54)/t25?,26?,28-,29?,30-,31-,32?,34?,35?,36?/m0/s1. The first-order valence-electron chi connectivity index (χ1n) is 19.7. The van der Waals surface area contributed by atoms with E-state index in [0.29, 0.717) is 25.8 Å². The quantitative estimate of drug-likeness (QED) is 0.113. The molecule has 0 radical (unpaired) electrons. The monoisotopic (exact) mass is 784 g/mol. The maximum atomic E-state index is 14.5. The molecule has 2 aliphatic heterocycles. The molecule has 0 bridgehead atoms. The van der Waals surface area contributed by atoms with Crippen LogP contribution in [-0.2, 0) is 39.9 Å². The number of azide groups is 1. The SMILES string of the molecule is CCC(C)C(C(CC(=O)N1CCC[C@H]1C(OC)C(C)C(=O)NC(Cc1ccccc1)C(=O)O)OC)N(C)C(=O)[C@@H]1C[C@H](N=[N+]=[N-])CN1C(=O)C(C(C)C)N(C)C. The first-order chi connectivity index (χ1) is 26.5. The van der Waals surface area contributed by atoms with Gasteiger partial charge in [-0.25, -0.2) is 4.79 Å². The second-order valence-electron chi connectivity index (χ2n) is 15.9. The van der Waals surface area contributed by atoms with Crippen molar-refractivity contribution in [1.29, 1.82) is 0 Å². The maximum Gasteiger partial charge on any atom is 0.326 e. The van der Waals surface area contributed by atoms with Gasteiger partial charge in [0.2, 0.25) is 23.6 Å². The predicted octanol–water partition coefficient (Wildman–Crippen LogP) is 3.58. The number of aliphatic carboxylic acids is 1. The van der Waals surface area contributed by atoms with Crippen molar-refractivity contribution in [3.8, 4) is 0 Å². The van der Waals surface area contributed by atoms with E-state index >= 15 is 0 Å². The first kappa shape index (κ1) is 46.1. The minimum atomic E-state index is -1.15. The van der Waals surface area contributed by atoms with E-state index in [1.165, 1.54) is 14.2 Å². The van der Waals surface area contributed by atoms with E-state index in [1.807, 2.05) is 64.9 Å². The summed E-state index contributed by atoms with van der Waals surface area (Å²) >= 11 is 0. The average molecular weight is 785 g/mol. The van der Waals surface area contributed by atoms with Gasteiger partial charge in [0.05, 0.1) is 48.7 Å². The summed E-state index contributed by atoms with van der Waals surface area (Å²) in [5, 5.41) is 16.5. The number of carboxylic acids is 1. The molecule has 16 nitrogen and oxygen atoms in total. The van der Waals surface area contributed by atoms with Crippen molar-refractivity contribution >= 4 is 29.6 Å². The van der Waals surface area contributed by atoms with Crippen molar-refractivity contribution in [3.63, 3.8) is 0 Å². The average Bonchev–Trinajstić information content (AvgIpc) is 3.82. The zero-order valence-electron chi connectivity index (χ0n) is 34.8. The van der Waals surface area contributed by atoms with E-state index in [2.05, 4.69) is 15.3 Å². The number of rotatable bonds is 20. The molecule has 0 aromatic heterocycles. The summed E-state index contributed by atoms with van der Waals surface area (Å²) in [6, 6.07) is 5.00. The van der Waals surface area contributed by atoms with Gasteiger partial charge in [0.1, 0.15) is 12.1 Å². The number of nitrogens with zero attached hydrogens (tertiary/aromatic N) is 7. The molecule has 0 aliphatic carbocycles. The van der Waals surface area contributed by atoms with Crippen LogP contribution in [0, 0.1) is 17.8 Å². The summed E-state index contributed by atoms with van der Waals surface area (Å²) in [4.78, 5) is 77.9. The molecular weight excluding hydrogens is 720 g/mol. The highest BCUT2D eigenvalue weighted by Crippen LogP contribution is 2.31. The number of carbonyl (C=O) groups excluding carboxylic acids is 4. The van der Waals surface area contributed by atoms with E-state index in [4.69, 9.17) is 9.47 Å². The molecule has 1 aromatic carbocycles. The smallest absolute Gasteiger partial charge is 0.326 e. The fourth-order valence-electron chi connectivity index (χ4n) is 8.61. The maximum absolute atomic E-state index is 14.5. The van der Waals surface area contributed by atoms with E-state index in [0.717, 1.165) is 5.56 Å². The Hall–Kier alpha value is -4.24. The van der Waals surface area contributed by atoms with E-state index < -0.39 is 66.3 Å². The zero-order chi connectivity index (χ0) is 41.9. The van der Waals surface area contributed by atoms with Crippen LogP contribution in [0.2, 0.25) is 0 Å². The van der Waals surface area contributed by atoms with Crippen LogP contribution in [-0.4, -0.2) is 151 Å². The van der Waals surface area contributed by atoms with Gasteiger partial charge in [0, 0.05) is 45.7 Å². The number of nitrogens with one attached hydrogen (secondary N) is 1. The number of likely N-dealkylation sites (tertiary alicyclic amines) is 2. The third-order valence-electron chi connectivity index (χ3n) is 11.7. The Kier molecular flexibility index (Phi) is 17.6. The van der Waals surface area contributed by atoms with Crippen LogP contribution in [0.5, 0.6) is 0 Å². The van der Waals surface area contributed by atoms with Crippen LogP contribution in [0.4, 0.5) is 0 Å². The molecule has 1 aromatic rings. The molecule has 3 rings (SSSR count). The minimum Gasteiger partial charge on any atom is -0.480 e. The molecule has 0 spiro atoms. The van der Waals surface area contributed by atoms with Crippen molar-refractivity contribution in [3.05, 3.63) is 46.3 Å². The molecule has 2 N–H and O–H groups in total. The first-order valence-corrected chi connectivity index (χ1v) is 19.7. The van der Waals surface area contributed by atoms with E-state index in [1.54, 1.807) is 40.8 Å². The molecule has 7 unspecified atom stereocenters. The van der Waals surface area contributed by atoms with Crippen LogP contribution in [0.15, 0.2) is 35.4 Å². The molecule has 2 saturated heterocycles. The molecule has 56 heavy (non-hydrogen) atoms. The van der Waals surface area contributed by atoms with Crippen LogP contribution in [0.3, 0.4) is 0 Å². The molecular formula is C40H64N8O8. The van der Waals surface area contributed by atoms with Crippen LogP contribution < -0.4 is 5.32 Å². The van der Waals surface area contributed by atoms with Gasteiger partial charge in [0.25, 0.3) is 0 Å². The van der Waals surface area contributed by atoms with Crippen molar-refractivity contribution < 1.29 is 38.6 Å². The van der Waals surface area contributed by atoms with Gasteiger partial charge in [0.15, 0.2) is 0 Å². The Balaban J connectivity index is 1.82. The molecule has 4 amide bonds. The normalized spacial score (nSPS) is 22.1. The van der Waals surface area contributed by atoms with Crippen LogP contribution in [0.1, 0.15) is 72.3 Å². The highest BCUT2D eigenvalue weighted by molar-refractivity contribution is 5.91. The number of carboxylic acid groups (broad SMARTS) is 1. The Labute approximate surface area is 331 Å². The molecule has 2 aliphatic rings. The molecule has 2 heterocycles. The summed E-state index contributed by atoms with van der Waals surface area (Å²) < 4.78 is 11.9. The Morgan fingerprint density at radius 2 is 1.70 bits per heavy atom. The number of ether oxygens (including phenoxy) is 2. The Morgan fingerprint density at radius 3 is 2.23 bits per heavy atom. The minimum absolute atomic E-state index is 0.0352. The van der Waals surface area contributed by atoms with Gasteiger partial charge < -0.3 is 34.6 Å². The third kappa shape index (κ3) is 11.2. The second kappa shape index (κ2) is 21.3. The third-order valence-corrected chi connectivity index (χ3v) is 11.7. The second-order valence-corrected chi connectivity index (χ2v) is 15.9. The topological polar surface area (TPSA) is 198 Å². The fourth-order valence-corrected chi connectivity index (χ4v) is 8.61. The largest absolute Gasteiger partial charge is 0.480 e. The highest BCUT2D eigenvalue weighted by atomic mass is 16.5. The van der Waals surface area contributed by atoms with Crippen LogP contribution in [0.25, 0.3) is 10.4 Å². The number of methoxy groups -OCH3 is 2. The molecule has 312 valence electrons. The van der Waals surface area contributed by atoms with E-state index in [-0.39, 0.29) is 55.4 Å². The fraction of sp³-hybridized carbons (Fsp3) is 0.725. The predicted molar refractivity (Wildman–Crippen MR) is 211 cm³/mol. The summed E-state index contributed by atoms with van der Waals surface area (Å²) in [5.74, 6) is -3.31. The number of likely N-dealkylation sites (N-methyl/N-ethyl adjacent to an activating group) is 2. The van der Waals surface area contributed by atoms with Crippen LogP contribution >= 0.6 is 0 Å². The number of carbonyl (C=O) groups is 5. The lowest BCUT2D eigenvalue weighted by molar-refractivity contribution is -0.152. The van der Waals surface area contributed by atoms with Gasteiger partial charge in [-0.3, -0.25) is 24.1 Å². The zero-order valence-corrected chi connectivity index (χ0v) is 34.8. The van der Waals surface area contributed by atoms with Crippen molar-refractivity contribution in [2.75, 3.05) is 48.5 Å². The molecule has 16 heteroatoms. The Bertz CT molecular complexity index is 1530. The lowest BCUT2D eigenvalue weighted by Crippen LogP contribution is -2.58. The van der Waals surface area contributed by atoms with Gasteiger partial charge in [-0.15, -0.1) is 0 Å². The molecule has 0 saturated carbocycles. The van der Waals surface area contributed by atoms with Gasteiger partial charge >= 0.3 is 5.97 Å². The van der Waals surface area contributed by atoms with Gasteiger partial charge in [-0.2, -0.15) is 0 Å². The summed E-state index contributed by atoms with van der Waals surface area (Å²) in [5.41, 5.74) is 10.00.